The van der Waals surface area contributed by atoms with E-state index in [-0.39, 0.29) is 11.4 Å². The summed E-state index contributed by atoms with van der Waals surface area (Å²) in [6, 6.07) is 12.1. The van der Waals surface area contributed by atoms with Crippen molar-refractivity contribution in [2.45, 2.75) is 13.5 Å². The molecule has 0 aliphatic rings. The molecule has 0 bridgehead atoms. The van der Waals surface area contributed by atoms with Gasteiger partial charge >= 0.3 is 0 Å². The van der Waals surface area contributed by atoms with E-state index in [4.69, 9.17) is 0 Å². The van der Waals surface area contributed by atoms with Crippen molar-refractivity contribution in [1.29, 1.82) is 0 Å². The van der Waals surface area contributed by atoms with Crippen LogP contribution in [0.25, 0.3) is 0 Å². The number of non-ortho nitro benzene ring substituents is 2. The van der Waals surface area contributed by atoms with Crippen molar-refractivity contribution in [1.82, 2.24) is 9.78 Å². The third kappa shape index (κ3) is 4.18. The number of benzene rings is 2. The Morgan fingerprint density at radius 2 is 1.71 bits per heavy atom. The first kappa shape index (κ1) is 18.7. The van der Waals surface area contributed by atoms with E-state index in [1.54, 1.807) is 16.9 Å². The molecule has 10 nitrogen and oxygen atoms in total. The number of aromatic nitrogens is 2. The molecule has 0 radical (unpaired) electrons. The summed E-state index contributed by atoms with van der Waals surface area (Å²) in [7, 11) is 0. The van der Waals surface area contributed by atoms with Crippen LogP contribution in [0.15, 0.2) is 54.7 Å². The number of rotatable bonds is 6. The van der Waals surface area contributed by atoms with Gasteiger partial charge in [0.2, 0.25) is 0 Å². The summed E-state index contributed by atoms with van der Waals surface area (Å²) in [4.78, 5) is 32.7. The van der Waals surface area contributed by atoms with Gasteiger partial charge in [-0.3, -0.25) is 29.7 Å². The van der Waals surface area contributed by atoms with Crippen LogP contribution < -0.4 is 5.32 Å². The second-order valence-electron chi connectivity index (χ2n) is 6.03. The van der Waals surface area contributed by atoms with Crippen LogP contribution in [0.4, 0.5) is 17.2 Å². The van der Waals surface area contributed by atoms with E-state index in [0.717, 1.165) is 29.3 Å². The van der Waals surface area contributed by atoms with E-state index in [9.17, 15) is 25.0 Å². The smallest absolute Gasteiger partial charge is 0.277 e. The standard InChI is InChI=1S/C18H15N5O5/c1-12-4-2-3-5-13(12)11-21-7-6-17(20-21)19-18(24)14-8-15(22(25)26)10-16(9-14)23(27)28/h2-10H,11H2,1H3,(H,19,20,24). The summed E-state index contributed by atoms with van der Waals surface area (Å²) in [5.41, 5.74) is 0.897. The summed E-state index contributed by atoms with van der Waals surface area (Å²) in [5, 5.41) is 28.6. The van der Waals surface area contributed by atoms with Gasteiger partial charge in [0, 0.05) is 24.4 Å². The van der Waals surface area contributed by atoms with Crippen LogP contribution in [-0.2, 0) is 6.54 Å². The molecule has 0 saturated carbocycles. The van der Waals surface area contributed by atoms with Crippen LogP contribution in [-0.4, -0.2) is 25.5 Å². The highest BCUT2D eigenvalue weighted by Crippen LogP contribution is 2.23. The lowest BCUT2D eigenvalue weighted by Gasteiger charge is -2.06. The number of anilines is 1. The maximum absolute atomic E-state index is 12.4. The summed E-state index contributed by atoms with van der Waals surface area (Å²) in [6.45, 7) is 2.49. The van der Waals surface area contributed by atoms with E-state index in [1.807, 2.05) is 31.2 Å². The van der Waals surface area contributed by atoms with Gasteiger partial charge in [-0.2, -0.15) is 5.10 Å². The second kappa shape index (κ2) is 7.66. The summed E-state index contributed by atoms with van der Waals surface area (Å²) < 4.78 is 1.63. The molecule has 1 amide bonds. The first-order valence-electron chi connectivity index (χ1n) is 8.16. The Labute approximate surface area is 158 Å². The van der Waals surface area contributed by atoms with Gasteiger partial charge in [0.05, 0.1) is 28.0 Å². The van der Waals surface area contributed by atoms with Crippen LogP contribution in [0.3, 0.4) is 0 Å². The minimum atomic E-state index is -0.791. The Morgan fingerprint density at radius 3 is 2.32 bits per heavy atom. The monoisotopic (exact) mass is 381 g/mol. The predicted octanol–water partition coefficient (Wildman–Crippen LogP) is 3.31. The van der Waals surface area contributed by atoms with Crippen molar-refractivity contribution >= 4 is 23.1 Å². The molecular weight excluding hydrogens is 366 g/mol. The van der Waals surface area contributed by atoms with Crippen molar-refractivity contribution in [3.8, 4) is 0 Å². The van der Waals surface area contributed by atoms with Crippen molar-refractivity contribution in [3.63, 3.8) is 0 Å². The third-order valence-electron chi connectivity index (χ3n) is 4.06. The lowest BCUT2D eigenvalue weighted by atomic mass is 10.1. The molecule has 1 N–H and O–H groups in total. The molecule has 10 heteroatoms. The zero-order valence-electron chi connectivity index (χ0n) is 14.7. The van der Waals surface area contributed by atoms with E-state index in [2.05, 4.69) is 10.4 Å². The number of hydrogen-bond donors (Lipinski definition) is 1. The van der Waals surface area contributed by atoms with Crippen LogP contribution in [0.2, 0.25) is 0 Å². The van der Waals surface area contributed by atoms with Gasteiger partial charge in [0.1, 0.15) is 0 Å². The van der Waals surface area contributed by atoms with Gasteiger partial charge in [-0.1, -0.05) is 24.3 Å². The topological polar surface area (TPSA) is 133 Å². The van der Waals surface area contributed by atoms with E-state index in [0.29, 0.717) is 6.54 Å². The molecule has 3 rings (SSSR count). The fourth-order valence-corrected chi connectivity index (χ4v) is 2.60. The summed E-state index contributed by atoms with van der Waals surface area (Å²) >= 11 is 0. The van der Waals surface area contributed by atoms with Crippen LogP contribution in [0.1, 0.15) is 21.5 Å². The highest BCUT2D eigenvalue weighted by Gasteiger charge is 2.20. The fraction of sp³-hybridized carbons (Fsp3) is 0.111. The van der Waals surface area contributed by atoms with Gasteiger partial charge in [-0.05, 0) is 18.1 Å². The SMILES string of the molecule is Cc1ccccc1Cn1ccc(NC(=O)c2cc([N+](=O)[O-])cc([N+](=O)[O-])c2)n1. The number of amides is 1. The number of aryl methyl sites for hydroxylation is 1. The molecule has 0 saturated heterocycles. The zero-order valence-corrected chi connectivity index (χ0v) is 14.7. The lowest BCUT2D eigenvalue weighted by Crippen LogP contribution is -2.13. The van der Waals surface area contributed by atoms with E-state index < -0.39 is 27.1 Å². The molecule has 0 unspecified atom stereocenters. The van der Waals surface area contributed by atoms with Crippen molar-refractivity contribution in [2.75, 3.05) is 5.32 Å². The van der Waals surface area contributed by atoms with E-state index in [1.165, 1.54) is 0 Å². The van der Waals surface area contributed by atoms with Gasteiger partial charge in [0.25, 0.3) is 17.3 Å². The molecule has 142 valence electrons. The Hall–Kier alpha value is -4.08. The van der Waals surface area contributed by atoms with Gasteiger partial charge in [-0.25, -0.2) is 0 Å². The number of nitrogens with one attached hydrogen (secondary N) is 1. The number of hydrogen-bond acceptors (Lipinski definition) is 6. The Bertz CT molecular complexity index is 1040. The molecule has 1 aromatic heterocycles. The number of carbonyl (C=O) groups excluding carboxylic acids is 1. The maximum Gasteiger partial charge on any atom is 0.277 e. The highest BCUT2D eigenvalue weighted by atomic mass is 16.6. The minimum absolute atomic E-state index is 0.200. The first-order valence-corrected chi connectivity index (χ1v) is 8.16. The minimum Gasteiger partial charge on any atom is -0.305 e. The van der Waals surface area contributed by atoms with Gasteiger partial charge in [-0.15, -0.1) is 0 Å². The Balaban J connectivity index is 1.78. The second-order valence-corrected chi connectivity index (χ2v) is 6.03. The molecule has 2 aromatic carbocycles. The normalized spacial score (nSPS) is 10.5. The van der Waals surface area contributed by atoms with Crippen LogP contribution >= 0.6 is 0 Å². The Kier molecular flexibility index (Phi) is 5.12. The summed E-state index contributed by atoms with van der Waals surface area (Å²) in [6.07, 6.45) is 1.68. The van der Waals surface area contributed by atoms with Crippen molar-refractivity contribution < 1.29 is 14.6 Å². The molecule has 1 heterocycles. The molecule has 0 fully saturated rings. The fourth-order valence-electron chi connectivity index (χ4n) is 2.60. The average Bonchev–Trinajstić information content (AvgIpc) is 3.10. The highest BCUT2D eigenvalue weighted by molar-refractivity contribution is 6.04. The van der Waals surface area contributed by atoms with E-state index >= 15 is 0 Å². The van der Waals surface area contributed by atoms with Gasteiger partial charge < -0.3 is 5.32 Å². The number of carbonyl (C=O) groups is 1. The predicted molar refractivity (Wildman–Crippen MR) is 100 cm³/mol. The number of nitro benzene ring substituents is 2. The quantitative estimate of drug-likeness (QED) is 0.514. The molecule has 0 spiro atoms. The average molecular weight is 381 g/mol. The number of nitrogens with zero attached hydrogens (tertiary/aromatic N) is 4. The lowest BCUT2D eigenvalue weighted by molar-refractivity contribution is -0.394. The molecule has 3 aromatic rings. The number of nitro groups is 2. The zero-order chi connectivity index (χ0) is 20.3. The molecule has 28 heavy (non-hydrogen) atoms. The largest absolute Gasteiger partial charge is 0.305 e. The maximum atomic E-state index is 12.4. The van der Waals surface area contributed by atoms with Gasteiger partial charge in [0.15, 0.2) is 5.82 Å². The Morgan fingerprint density at radius 1 is 1.07 bits per heavy atom. The van der Waals surface area contributed by atoms with Crippen molar-refractivity contribution in [3.05, 3.63) is 91.6 Å². The molecule has 0 aliphatic carbocycles. The van der Waals surface area contributed by atoms with Crippen LogP contribution in [0.5, 0.6) is 0 Å². The van der Waals surface area contributed by atoms with Crippen LogP contribution in [0, 0.1) is 27.2 Å². The van der Waals surface area contributed by atoms with Crippen molar-refractivity contribution in [2.24, 2.45) is 0 Å². The summed E-state index contributed by atoms with van der Waals surface area (Å²) in [5.74, 6) is -0.499. The molecule has 0 atom stereocenters. The first-order chi connectivity index (χ1) is 13.3. The third-order valence-corrected chi connectivity index (χ3v) is 4.06. The molecular formula is C18H15N5O5. The molecule has 0 aliphatic heterocycles.